The Labute approximate surface area is 186 Å². The molecule has 13 heteroatoms. The molecule has 0 bridgehead atoms. The number of amides is 3. The van der Waals surface area contributed by atoms with Gasteiger partial charge in [-0.15, -0.1) is 5.06 Å². The van der Waals surface area contributed by atoms with Crippen molar-refractivity contribution in [2.45, 2.75) is 38.6 Å². The lowest BCUT2D eigenvalue weighted by molar-refractivity contribution is -0.171. The summed E-state index contributed by atoms with van der Waals surface area (Å²) in [5.41, 5.74) is 0.498. The van der Waals surface area contributed by atoms with E-state index in [2.05, 4.69) is 5.32 Å². The molecule has 33 heavy (non-hydrogen) atoms. The predicted molar refractivity (Wildman–Crippen MR) is 112 cm³/mol. The highest BCUT2D eigenvalue weighted by Crippen LogP contribution is 2.35. The zero-order valence-electron chi connectivity index (χ0n) is 17.3. The molecule has 0 atom stereocenters. The third-order valence-electron chi connectivity index (χ3n) is 4.80. The fourth-order valence-electron chi connectivity index (χ4n) is 3.26. The number of hydroxylamine groups is 2. The fraction of sp³-hybridized carbons (Fsp3) is 0.350. The van der Waals surface area contributed by atoms with Gasteiger partial charge in [-0.05, 0) is 29.7 Å². The van der Waals surface area contributed by atoms with Gasteiger partial charge in [0.05, 0.1) is 6.16 Å². The van der Waals surface area contributed by atoms with Crippen molar-refractivity contribution in [3.63, 3.8) is 0 Å². The molecule has 0 unspecified atom stereocenters. The first kappa shape index (κ1) is 24.3. The van der Waals surface area contributed by atoms with E-state index in [-0.39, 0.29) is 50.0 Å². The summed E-state index contributed by atoms with van der Waals surface area (Å²) in [6.45, 7) is -0.0419. The summed E-state index contributed by atoms with van der Waals surface area (Å²) in [4.78, 5) is 81.5. The monoisotopic (exact) mass is 480 g/mol. The van der Waals surface area contributed by atoms with Crippen LogP contribution < -0.4 is 10.9 Å². The van der Waals surface area contributed by atoms with E-state index in [0.717, 1.165) is 0 Å². The quantitative estimate of drug-likeness (QED) is 0.268. The minimum atomic E-state index is -4.19. The van der Waals surface area contributed by atoms with Gasteiger partial charge in [0.2, 0.25) is 0 Å². The molecule has 1 fully saturated rings. The van der Waals surface area contributed by atoms with Crippen molar-refractivity contribution in [2.75, 3.05) is 6.16 Å². The van der Waals surface area contributed by atoms with Gasteiger partial charge in [0, 0.05) is 43.7 Å². The maximum Gasteiger partial charge on any atom is 0.432 e. The van der Waals surface area contributed by atoms with Gasteiger partial charge in [-0.2, -0.15) is 0 Å². The number of benzene rings is 1. The van der Waals surface area contributed by atoms with Gasteiger partial charge in [0.1, 0.15) is 11.4 Å². The van der Waals surface area contributed by atoms with Crippen molar-refractivity contribution in [3.8, 4) is 0 Å². The molecule has 176 valence electrons. The van der Waals surface area contributed by atoms with Crippen molar-refractivity contribution < 1.29 is 42.8 Å². The number of carbonyl (C=O) groups excluding carboxylic acids is 4. The summed E-state index contributed by atoms with van der Waals surface area (Å²) in [5, 5.41) is 3.28. The average molecular weight is 480 g/mol. The Kier molecular flexibility index (Phi) is 7.42. The van der Waals surface area contributed by atoms with Gasteiger partial charge in [-0.25, -0.2) is 9.59 Å². The Morgan fingerprint density at radius 3 is 2.48 bits per heavy atom. The van der Waals surface area contributed by atoms with E-state index in [0.29, 0.717) is 21.6 Å². The number of hydrogen-bond acceptors (Lipinski definition) is 8. The van der Waals surface area contributed by atoms with Gasteiger partial charge in [-0.3, -0.25) is 18.9 Å². The lowest BCUT2D eigenvalue weighted by Gasteiger charge is -2.13. The van der Waals surface area contributed by atoms with E-state index in [1.165, 1.54) is 12.1 Å². The van der Waals surface area contributed by atoms with Crippen LogP contribution >= 0.6 is 7.60 Å². The van der Waals surface area contributed by atoms with Crippen molar-refractivity contribution in [2.24, 2.45) is 0 Å². The second-order valence-corrected chi connectivity index (χ2v) is 9.22. The Morgan fingerprint density at radius 2 is 1.82 bits per heavy atom. The maximum absolute atomic E-state index is 12.3. The standard InChI is InChI=1S/C20H21N2O10P/c23-14(2-1-7-33(28,29)30)9-13-10-19(26)31-16-4-3-12(8-15(13)16)11-21-20(27)32-22-17(24)5-6-18(22)25/h3-4,8,10H,1-2,5-7,9,11H2,(H,21,27)(H2,28,29,30). The number of nitrogens with one attached hydrogen (secondary N) is 1. The van der Waals surface area contributed by atoms with Gasteiger partial charge in [0.25, 0.3) is 11.8 Å². The summed E-state index contributed by atoms with van der Waals surface area (Å²) >= 11 is 0. The number of hydrogen-bond donors (Lipinski definition) is 3. The molecule has 2 heterocycles. The minimum absolute atomic E-state index is 0.0157. The largest absolute Gasteiger partial charge is 0.432 e. The Hall–Kier alpha value is -3.34. The van der Waals surface area contributed by atoms with Crippen LogP contribution in [0.3, 0.4) is 0 Å². The first-order chi connectivity index (χ1) is 15.5. The molecule has 1 aromatic heterocycles. The summed E-state index contributed by atoms with van der Waals surface area (Å²) in [6, 6.07) is 5.83. The van der Waals surface area contributed by atoms with Gasteiger partial charge in [0.15, 0.2) is 0 Å². The zero-order chi connectivity index (χ0) is 24.2. The van der Waals surface area contributed by atoms with E-state index in [1.807, 2.05) is 0 Å². The Bertz CT molecular complexity index is 1200. The Morgan fingerprint density at radius 1 is 1.12 bits per heavy atom. The number of rotatable bonds is 9. The summed E-state index contributed by atoms with van der Waals surface area (Å²) < 4.78 is 16.1. The third-order valence-corrected chi connectivity index (χ3v) is 5.70. The summed E-state index contributed by atoms with van der Waals surface area (Å²) in [6.07, 6.45) is -1.64. The molecule has 3 amide bonds. The van der Waals surface area contributed by atoms with Crippen LogP contribution in [0.5, 0.6) is 0 Å². The summed E-state index contributed by atoms with van der Waals surface area (Å²) in [7, 11) is -4.19. The van der Waals surface area contributed by atoms with Gasteiger partial charge < -0.3 is 24.4 Å². The first-order valence-corrected chi connectivity index (χ1v) is 11.7. The van der Waals surface area contributed by atoms with Crippen LogP contribution in [-0.4, -0.2) is 44.7 Å². The number of fused-ring (bicyclic) bond motifs is 1. The van der Waals surface area contributed by atoms with E-state index in [4.69, 9.17) is 19.0 Å². The van der Waals surface area contributed by atoms with Crippen LogP contribution in [0.2, 0.25) is 0 Å². The summed E-state index contributed by atoms with van der Waals surface area (Å²) in [5.74, 6) is -1.51. The molecule has 0 saturated carbocycles. The number of ketones is 1. The highest BCUT2D eigenvalue weighted by molar-refractivity contribution is 7.51. The highest BCUT2D eigenvalue weighted by atomic mass is 31.2. The molecule has 1 aliphatic rings. The first-order valence-electron chi connectivity index (χ1n) is 9.95. The van der Waals surface area contributed by atoms with Crippen LogP contribution in [0.4, 0.5) is 4.79 Å². The number of carbonyl (C=O) groups is 4. The molecule has 3 rings (SSSR count). The second kappa shape index (κ2) is 10.1. The van der Waals surface area contributed by atoms with E-state index < -0.39 is 37.3 Å². The van der Waals surface area contributed by atoms with E-state index >= 15 is 0 Å². The average Bonchev–Trinajstić information content (AvgIpc) is 3.03. The highest BCUT2D eigenvalue weighted by Gasteiger charge is 2.32. The van der Waals surface area contributed by atoms with Crippen molar-refractivity contribution >= 4 is 42.3 Å². The SMILES string of the molecule is O=C(CCCP(=O)(O)O)Cc1cc(=O)oc2ccc(CNC(=O)ON3C(=O)CCC3=O)cc12. The third kappa shape index (κ3) is 6.82. The molecule has 0 radical (unpaired) electrons. The molecular weight excluding hydrogens is 459 g/mol. The molecule has 1 aromatic carbocycles. The number of nitrogens with zero attached hydrogens (tertiary/aromatic N) is 1. The molecule has 1 aliphatic heterocycles. The predicted octanol–water partition coefficient (Wildman–Crippen LogP) is 1.15. The minimum Gasteiger partial charge on any atom is -0.423 e. The van der Waals surface area contributed by atoms with Crippen LogP contribution in [0.25, 0.3) is 11.0 Å². The maximum atomic E-state index is 12.3. The van der Waals surface area contributed by atoms with Gasteiger partial charge in [-0.1, -0.05) is 6.07 Å². The van der Waals surface area contributed by atoms with Crippen molar-refractivity contribution in [1.82, 2.24) is 10.4 Å². The smallest absolute Gasteiger partial charge is 0.423 e. The molecule has 3 N–H and O–H groups in total. The topological polar surface area (TPSA) is 181 Å². The molecule has 0 aliphatic carbocycles. The van der Waals surface area contributed by atoms with Crippen LogP contribution in [0, 0.1) is 0 Å². The normalized spacial score (nSPS) is 14.1. The van der Waals surface area contributed by atoms with E-state index in [1.54, 1.807) is 12.1 Å². The molecule has 2 aromatic rings. The molecule has 0 spiro atoms. The fourth-order valence-corrected chi connectivity index (χ4v) is 3.83. The van der Waals surface area contributed by atoms with Gasteiger partial charge >= 0.3 is 19.3 Å². The molecular formula is C20H21N2O10P. The molecule has 12 nitrogen and oxygen atoms in total. The number of imide groups is 1. The van der Waals surface area contributed by atoms with E-state index in [9.17, 15) is 28.5 Å². The van der Waals surface area contributed by atoms with Crippen molar-refractivity contribution in [1.29, 1.82) is 0 Å². The van der Waals surface area contributed by atoms with Crippen molar-refractivity contribution in [3.05, 3.63) is 45.8 Å². The lowest BCUT2D eigenvalue weighted by atomic mass is 10.0. The Balaban J connectivity index is 1.68. The number of Topliss-reactive ketones (excluding diaryl/α,β-unsaturated/α-hetero) is 1. The van der Waals surface area contributed by atoms with Crippen LogP contribution in [0.15, 0.2) is 33.5 Å². The lowest BCUT2D eigenvalue weighted by Crippen LogP contribution is -2.36. The second-order valence-electron chi connectivity index (χ2n) is 7.44. The van der Waals surface area contributed by atoms with Crippen LogP contribution in [-0.2, 0) is 36.8 Å². The zero-order valence-corrected chi connectivity index (χ0v) is 18.2. The van der Waals surface area contributed by atoms with Crippen LogP contribution in [0.1, 0.15) is 36.8 Å². The molecule has 1 saturated heterocycles.